The first-order valence-corrected chi connectivity index (χ1v) is 12.2. The van der Waals surface area contributed by atoms with Crippen LogP contribution >= 0.6 is 12.4 Å². The first-order chi connectivity index (χ1) is 16.0. The smallest absolute Gasteiger partial charge is 0.246 e. The van der Waals surface area contributed by atoms with Crippen LogP contribution in [0.25, 0.3) is 0 Å². The second-order valence-corrected chi connectivity index (χ2v) is 9.31. The molecule has 1 saturated carbocycles. The maximum atomic E-state index is 13.5. The maximum absolute atomic E-state index is 13.5. The monoisotopic (exact) mass is 492 g/mol. The summed E-state index contributed by atoms with van der Waals surface area (Å²) in [7, 11) is 3.25. The van der Waals surface area contributed by atoms with Gasteiger partial charge in [0.25, 0.3) is 0 Å². The Hall–Kier alpha value is -2.32. The number of nitrogens with two attached hydrogens (primary N) is 1. The van der Waals surface area contributed by atoms with Crippen LogP contribution in [0.15, 0.2) is 23.3 Å². The normalized spacial score (nSPS) is 24.0. The van der Waals surface area contributed by atoms with Crippen LogP contribution in [0.3, 0.4) is 0 Å². The minimum absolute atomic E-state index is 0. The van der Waals surface area contributed by atoms with Crippen molar-refractivity contribution in [1.29, 1.82) is 0 Å². The van der Waals surface area contributed by atoms with E-state index in [0.717, 1.165) is 37.0 Å². The van der Waals surface area contributed by atoms with Crippen LogP contribution < -0.4 is 15.2 Å². The van der Waals surface area contributed by atoms with Gasteiger partial charge in [-0.3, -0.25) is 9.59 Å². The molecule has 1 aliphatic carbocycles. The Morgan fingerprint density at radius 1 is 1.09 bits per heavy atom. The SMILES string of the molecule is CC[C@H](N)C(=O)N1CCC(N2N=C(c3ccc(OC)c(OC)c3)[C@H]3CCCC[C@H]3C2=O)CC1.Cl. The van der Waals surface area contributed by atoms with Crippen LogP contribution in [0.2, 0.25) is 0 Å². The van der Waals surface area contributed by atoms with Gasteiger partial charge in [0, 0.05) is 30.5 Å². The van der Waals surface area contributed by atoms with Crippen LogP contribution in [0.5, 0.6) is 11.5 Å². The highest BCUT2D eigenvalue weighted by Crippen LogP contribution is 2.40. The zero-order chi connectivity index (χ0) is 23.5. The summed E-state index contributed by atoms with van der Waals surface area (Å²) < 4.78 is 10.9. The second kappa shape index (κ2) is 11.4. The molecular formula is C25H37ClN4O4. The maximum Gasteiger partial charge on any atom is 0.246 e. The van der Waals surface area contributed by atoms with E-state index >= 15 is 0 Å². The van der Waals surface area contributed by atoms with E-state index < -0.39 is 6.04 Å². The van der Waals surface area contributed by atoms with Crippen molar-refractivity contribution in [3.05, 3.63) is 23.8 Å². The third kappa shape index (κ3) is 5.03. The van der Waals surface area contributed by atoms with E-state index in [9.17, 15) is 9.59 Å². The van der Waals surface area contributed by atoms with Gasteiger partial charge in [-0.25, -0.2) is 5.01 Å². The highest BCUT2D eigenvalue weighted by atomic mass is 35.5. The molecule has 3 atom stereocenters. The molecule has 1 aromatic carbocycles. The van der Waals surface area contributed by atoms with Gasteiger partial charge in [-0.05, 0) is 50.3 Å². The van der Waals surface area contributed by atoms with E-state index in [2.05, 4.69) is 0 Å². The number of hydrogen-bond acceptors (Lipinski definition) is 6. The van der Waals surface area contributed by atoms with Gasteiger partial charge in [-0.15, -0.1) is 12.4 Å². The molecule has 2 aliphatic heterocycles. The summed E-state index contributed by atoms with van der Waals surface area (Å²) in [4.78, 5) is 27.8. The average molecular weight is 493 g/mol. The Balaban J connectivity index is 0.00000324. The molecule has 2 fully saturated rings. The number of halogens is 1. The second-order valence-electron chi connectivity index (χ2n) is 9.31. The third-order valence-electron chi connectivity index (χ3n) is 7.43. The number of fused-ring (bicyclic) bond motifs is 1. The molecule has 4 rings (SSSR count). The van der Waals surface area contributed by atoms with E-state index in [4.69, 9.17) is 20.3 Å². The molecule has 0 spiro atoms. The molecule has 188 valence electrons. The quantitative estimate of drug-likeness (QED) is 0.657. The number of benzene rings is 1. The standard InChI is InChI=1S/C25H36N4O4.ClH/c1-4-20(26)25(31)28-13-11-17(12-14-28)29-24(30)19-8-6-5-7-18(19)23(27-29)16-9-10-21(32-2)22(15-16)33-3;/h9-10,15,17-20H,4-8,11-14,26H2,1-3H3;1H/t18-,19+,20-;/m0./s1. The molecule has 0 aromatic heterocycles. The molecule has 1 saturated heterocycles. The molecule has 2 heterocycles. The molecule has 0 radical (unpaired) electrons. The number of piperidine rings is 1. The molecule has 2 N–H and O–H groups in total. The van der Waals surface area contributed by atoms with Gasteiger partial charge in [0.15, 0.2) is 11.5 Å². The molecule has 8 nitrogen and oxygen atoms in total. The predicted octanol–water partition coefficient (Wildman–Crippen LogP) is 3.21. The summed E-state index contributed by atoms with van der Waals surface area (Å²) >= 11 is 0. The molecule has 34 heavy (non-hydrogen) atoms. The van der Waals surface area contributed by atoms with Crippen molar-refractivity contribution >= 4 is 29.9 Å². The lowest BCUT2D eigenvalue weighted by Crippen LogP contribution is -2.54. The zero-order valence-corrected chi connectivity index (χ0v) is 21.2. The molecular weight excluding hydrogens is 456 g/mol. The van der Waals surface area contributed by atoms with Crippen molar-refractivity contribution in [2.75, 3.05) is 27.3 Å². The van der Waals surface area contributed by atoms with Gasteiger partial charge < -0.3 is 20.1 Å². The van der Waals surface area contributed by atoms with Crippen molar-refractivity contribution in [3.8, 4) is 11.5 Å². The van der Waals surface area contributed by atoms with Crippen molar-refractivity contribution < 1.29 is 19.1 Å². The zero-order valence-electron chi connectivity index (χ0n) is 20.4. The summed E-state index contributed by atoms with van der Waals surface area (Å²) in [6.45, 7) is 3.14. The van der Waals surface area contributed by atoms with Crippen LogP contribution in [0.4, 0.5) is 0 Å². The van der Waals surface area contributed by atoms with Crippen molar-refractivity contribution in [1.82, 2.24) is 9.91 Å². The highest BCUT2D eigenvalue weighted by Gasteiger charge is 2.44. The largest absolute Gasteiger partial charge is 0.493 e. The van der Waals surface area contributed by atoms with E-state index in [-0.39, 0.29) is 42.1 Å². The molecule has 3 aliphatic rings. The number of nitrogens with zero attached hydrogens (tertiary/aromatic N) is 3. The Morgan fingerprint density at radius 2 is 1.74 bits per heavy atom. The lowest BCUT2D eigenvalue weighted by molar-refractivity contribution is -0.143. The minimum Gasteiger partial charge on any atom is -0.493 e. The molecule has 0 bridgehead atoms. The van der Waals surface area contributed by atoms with Gasteiger partial charge in [0.2, 0.25) is 11.8 Å². The van der Waals surface area contributed by atoms with Gasteiger partial charge >= 0.3 is 0 Å². The number of carbonyl (C=O) groups excluding carboxylic acids is 2. The Kier molecular flexibility index (Phi) is 8.82. The van der Waals surface area contributed by atoms with E-state index in [1.165, 1.54) is 0 Å². The predicted molar refractivity (Wildman–Crippen MR) is 133 cm³/mol. The van der Waals surface area contributed by atoms with Crippen LogP contribution in [0.1, 0.15) is 57.4 Å². The van der Waals surface area contributed by atoms with Gasteiger partial charge in [0.1, 0.15) is 0 Å². The lowest BCUT2D eigenvalue weighted by Gasteiger charge is -2.43. The molecule has 9 heteroatoms. The Morgan fingerprint density at radius 3 is 2.35 bits per heavy atom. The van der Waals surface area contributed by atoms with Gasteiger partial charge in [0.05, 0.1) is 32.0 Å². The number of ether oxygens (including phenoxy) is 2. The summed E-state index contributed by atoms with van der Waals surface area (Å²) in [5.74, 6) is 1.57. The number of hydrogen-bond donors (Lipinski definition) is 1. The topological polar surface area (TPSA) is 97.5 Å². The fourth-order valence-corrected chi connectivity index (χ4v) is 5.43. The first-order valence-electron chi connectivity index (χ1n) is 12.2. The summed E-state index contributed by atoms with van der Waals surface area (Å²) in [5, 5.41) is 6.71. The number of likely N-dealkylation sites (tertiary alicyclic amines) is 1. The van der Waals surface area contributed by atoms with Crippen molar-refractivity contribution in [2.45, 2.75) is 64.0 Å². The molecule has 2 amide bonds. The minimum atomic E-state index is -0.448. The number of methoxy groups -OCH3 is 2. The van der Waals surface area contributed by atoms with E-state index in [1.54, 1.807) is 19.2 Å². The van der Waals surface area contributed by atoms with E-state index in [1.807, 2.05) is 30.0 Å². The number of hydrazone groups is 1. The van der Waals surface area contributed by atoms with Crippen LogP contribution in [0, 0.1) is 11.8 Å². The highest BCUT2D eigenvalue weighted by molar-refractivity contribution is 6.07. The van der Waals surface area contributed by atoms with Gasteiger partial charge in [-0.2, -0.15) is 5.10 Å². The fourth-order valence-electron chi connectivity index (χ4n) is 5.43. The lowest BCUT2D eigenvalue weighted by atomic mass is 9.73. The number of carbonyl (C=O) groups is 2. The molecule has 1 aromatic rings. The summed E-state index contributed by atoms with van der Waals surface area (Å²) in [6.07, 6.45) is 6.11. The van der Waals surface area contributed by atoms with Crippen LogP contribution in [-0.4, -0.2) is 66.8 Å². The first kappa shape index (κ1) is 26.3. The third-order valence-corrected chi connectivity index (χ3v) is 7.43. The summed E-state index contributed by atoms with van der Waals surface area (Å²) in [5.41, 5.74) is 7.89. The van der Waals surface area contributed by atoms with Crippen molar-refractivity contribution in [2.24, 2.45) is 22.7 Å². The Labute approximate surface area is 208 Å². The number of rotatable bonds is 6. The van der Waals surface area contributed by atoms with Gasteiger partial charge in [-0.1, -0.05) is 19.8 Å². The van der Waals surface area contributed by atoms with E-state index in [0.29, 0.717) is 43.9 Å². The molecule has 0 unspecified atom stereocenters. The number of amides is 2. The van der Waals surface area contributed by atoms with Crippen LogP contribution in [-0.2, 0) is 9.59 Å². The summed E-state index contributed by atoms with van der Waals surface area (Å²) in [6, 6.07) is 5.42. The fraction of sp³-hybridized carbons (Fsp3) is 0.640. The Bertz CT molecular complexity index is 916. The average Bonchev–Trinajstić information content (AvgIpc) is 2.88. The van der Waals surface area contributed by atoms with Crippen molar-refractivity contribution in [3.63, 3.8) is 0 Å².